The number of para-hydroxylation sites is 1. The van der Waals surface area contributed by atoms with E-state index >= 15 is 0 Å². The lowest BCUT2D eigenvalue weighted by molar-refractivity contribution is 0.0105. The van der Waals surface area contributed by atoms with Crippen LogP contribution in [0, 0.1) is 0 Å². The van der Waals surface area contributed by atoms with Crippen molar-refractivity contribution in [2.24, 2.45) is 0 Å². The molecule has 0 spiro atoms. The van der Waals surface area contributed by atoms with Gasteiger partial charge >= 0.3 is 0 Å². The summed E-state index contributed by atoms with van der Waals surface area (Å²) in [6, 6.07) is 7.41. The number of nitrogens with one attached hydrogen (secondary N) is 1. The van der Waals surface area contributed by atoms with Gasteiger partial charge in [-0.1, -0.05) is 18.2 Å². The Kier molecular flexibility index (Phi) is 8.25. The Morgan fingerprint density at radius 2 is 1.96 bits per heavy atom. The maximum atomic E-state index is 12.1. The summed E-state index contributed by atoms with van der Waals surface area (Å²) in [5, 5.41) is 13.0. The molecule has 26 heavy (non-hydrogen) atoms. The number of nitrogens with zero attached hydrogens (tertiary/aromatic N) is 1. The van der Waals surface area contributed by atoms with E-state index in [1.165, 1.54) is 10.6 Å². The first-order valence-electron chi connectivity index (χ1n) is 8.29. The van der Waals surface area contributed by atoms with E-state index in [9.17, 15) is 13.5 Å². The molecule has 0 aromatic heterocycles. The molecule has 1 fully saturated rings. The minimum Gasteiger partial charge on any atom is -0.472 e. The normalized spacial score (nSPS) is 21.1. The molecular weight excluding hydrogens is 396 g/mol. The van der Waals surface area contributed by atoms with Gasteiger partial charge in [0.05, 0.1) is 11.6 Å². The molecule has 1 aliphatic heterocycles. The Bertz CT molecular complexity index is 692. The monoisotopic (exact) mass is 424 g/mol. The molecule has 9 heteroatoms. The summed E-state index contributed by atoms with van der Waals surface area (Å²) in [5.74, 6) is 1.32. The Hall–Kier alpha value is -0.510. The van der Waals surface area contributed by atoms with E-state index in [0.29, 0.717) is 12.3 Å². The zero-order valence-corrected chi connectivity index (χ0v) is 18.2. The lowest BCUT2D eigenvalue weighted by atomic mass is 10.1. The van der Waals surface area contributed by atoms with E-state index in [1.807, 2.05) is 45.0 Å². The molecule has 0 amide bonds. The third-order valence-electron chi connectivity index (χ3n) is 3.73. The second kappa shape index (κ2) is 9.12. The van der Waals surface area contributed by atoms with Crippen LogP contribution in [0.15, 0.2) is 24.3 Å². The largest absolute Gasteiger partial charge is 0.472 e. The van der Waals surface area contributed by atoms with Crippen molar-refractivity contribution in [1.82, 2.24) is 9.62 Å². The van der Waals surface area contributed by atoms with Crippen molar-refractivity contribution in [3.05, 3.63) is 29.8 Å². The van der Waals surface area contributed by atoms with Crippen LogP contribution in [-0.4, -0.2) is 54.3 Å². The van der Waals surface area contributed by atoms with Gasteiger partial charge in [-0.2, -0.15) is 4.31 Å². The second-order valence-electron chi connectivity index (χ2n) is 7.31. The summed E-state index contributed by atoms with van der Waals surface area (Å²) in [5.41, 5.74) is 0.564. The van der Waals surface area contributed by atoms with E-state index in [4.69, 9.17) is 4.74 Å². The van der Waals surface area contributed by atoms with Crippen LogP contribution in [-0.2, 0) is 10.0 Å². The molecule has 0 radical (unpaired) electrons. The first kappa shape index (κ1) is 23.5. The van der Waals surface area contributed by atoms with Gasteiger partial charge in [-0.15, -0.1) is 24.2 Å². The fourth-order valence-corrected chi connectivity index (χ4v) is 5.47. The van der Waals surface area contributed by atoms with Crippen LogP contribution in [0.4, 0.5) is 0 Å². The molecule has 1 aromatic carbocycles. The maximum absolute atomic E-state index is 12.1. The molecule has 1 aromatic rings. The van der Waals surface area contributed by atoms with Crippen molar-refractivity contribution in [2.45, 2.75) is 50.9 Å². The Labute approximate surface area is 167 Å². The third kappa shape index (κ3) is 6.28. The highest BCUT2D eigenvalue weighted by molar-refractivity contribution is 8.00. The Morgan fingerprint density at radius 1 is 1.35 bits per heavy atom. The fraction of sp³-hybridized carbons (Fsp3) is 0.647. The Balaban J connectivity index is 0.00000338. The first-order valence-corrected chi connectivity index (χ1v) is 11.2. The van der Waals surface area contributed by atoms with Gasteiger partial charge in [-0.25, -0.2) is 8.42 Å². The summed E-state index contributed by atoms with van der Waals surface area (Å²) < 4.78 is 31.7. The molecule has 0 saturated carbocycles. The molecule has 2 rings (SSSR count). The van der Waals surface area contributed by atoms with Crippen molar-refractivity contribution >= 4 is 34.2 Å². The SMILES string of the molecule is CC(O)C(NC(C)(C)C)Oc1ccccc1C1SCCN1S(C)(=O)=O.Cl. The van der Waals surface area contributed by atoms with Crippen LogP contribution in [0.5, 0.6) is 5.75 Å². The molecule has 150 valence electrons. The molecule has 3 unspecified atom stereocenters. The topological polar surface area (TPSA) is 78.9 Å². The quantitative estimate of drug-likeness (QED) is 0.683. The highest BCUT2D eigenvalue weighted by Gasteiger charge is 2.35. The average molecular weight is 425 g/mol. The number of hydrogen-bond acceptors (Lipinski definition) is 6. The molecular formula is C17H29ClN2O4S2. The van der Waals surface area contributed by atoms with Crippen LogP contribution in [0.25, 0.3) is 0 Å². The summed E-state index contributed by atoms with van der Waals surface area (Å²) in [7, 11) is -3.30. The summed E-state index contributed by atoms with van der Waals surface area (Å²) in [6.45, 7) is 8.14. The van der Waals surface area contributed by atoms with Crippen molar-refractivity contribution < 1.29 is 18.3 Å². The van der Waals surface area contributed by atoms with Gasteiger partial charge in [0.2, 0.25) is 10.0 Å². The van der Waals surface area contributed by atoms with E-state index in [-0.39, 0.29) is 23.3 Å². The number of rotatable bonds is 6. The highest BCUT2D eigenvalue weighted by Crippen LogP contribution is 2.43. The van der Waals surface area contributed by atoms with Gasteiger partial charge in [-0.05, 0) is 33.8 Å². The number of halogens is 1. The second-order valence-corrected chi connectivity index (χ2v) is 10.4. The first-order chi connectivity index (χ1) is 11.5. The molecule has 0 aliphatic carbocycles. The number of hydrogen-bond donors (Lipinski definition) is 2. The van der Waals surface area contributed by atoms with Gasteiger partial charge in [0.1, 0.15) is 11.9 Å². The van der Waals surface area contributed by atoms with Crippen molar-refractivity contribution in [2.75, 3.05) is 18.6 Å². The smallest absolute Gasteiger partial charge is 0.212 e. The van der Waals surface area contributed by atoms with Crippen LogP contribution >= 0.6 is 24.2 Å². The number of aliphatic hydroxyl groups excluding tert-OH is 1. The molecule has 0 bridgehead atoms. The van der Waals surface area contributed by atoms with Crippen molar-refractivity contribution in [1.29, 1.82) is 0 Å². The van der Waals surface area contributed by atoms with Gasteiger partial charge in [0.15, 0.2) is 6.23 Å². The lowest BCUT2D eigenvalue weighted by Gasteiger charge is -2.32. The van der Waals surface area contributed by atoms with Gasteiger partial charge in [-0.3, -0.25) is 5.32 Å². The third-order valence-corrected chi connectivity index (χ3v) is 6.35. The van der Waals surface area contributed by atoms with Gasteiger partial charge in [0.25, 0.3) is 0 Å². The van der Waals surface area contributed by atoms with Gasteiger partial charge in [0, 0.05) is 23.4 Å². The number of sulfonamides is 1. The van der Waals surface area contributed by atoms with Crippen LogP contribution in [0.1, 0.15) is 38.6 Å². The molecule has 1 saturated heterocycles. The van der Waals surface area contributed by atoms with Gasteiger partial charge < -0.3 is 9.84 Å². The lowest BCUT2D eigenvalue weighted by Crippen LogP contribution is -2.51. The molecule has 2 N–H and O–H groups in total. The molecule has 3 atom stereocenters. The zero-order valence-electron chi connectivity index (χ0n) is 15.8. The van der Waals surface area contributed by atoms with Crippen LogP contribution < -0.4 is 10.1 Å². The number of ether oxygens (including phenoxy) is 1. The van der Waals surface area contributed by atoms with Crippen LogP contribution in [0.2, 0.25) is 0 Å². The predicted octanol–water partition coefficient (Wildman–Crippen LogP) is 2.59. The standard InChI is InChI=1S/C17H28N2O4S2.ClH/c1-12(20)15(18-17(2,3)4)23-14-9-7-6-8-13(14)16-19(10-11-24-16)25(5,21)22;/h6-9,12,15-16,18,20H,10-11H2,1-5H3;1H. The fourth-order valence-electron chi connectivity index (χ4n) is 2.64. The van der Waals surface area contributed by atoms with Crippen molar-refractivity contribution in [3.63, 3.8) is 0 Å². The minimum atomic E-state index is -3.30. The van der Waals surface area contributed by atoms with Crippen molar-refractivity contribution in [3.8, 4) is 5.75 Å². The predicted molar refractivity (Wildman–Crippen MR) is 109 cm³/mol. The van der Waals surface area contributed by atoms with E-state index in [0.717, 1.165) is 11.3 Å². The highest BCUT2D eigenvalue weighted by atomic mass is 35.5. The van der Waals surface area contributed by atoms with E-state index < -0.39 is 22.4 Å². The summed E-state index contributed by atoms with van der Waals surface area (Å²) >= 11 is 1.58. The summed E-state index contributed by atoms with van der Waals surface area (Å²) in [6.07, 6.45) is -0.0940. The zero-order chi connectivity index (χ0) is 18.8. The molecule has 1 heterocycles. The number of aliphatic hydroxyl groups is 1. The van der Waals surface area contributed by atoms with E-state index in [1.54, 1.807) is 18.7 Å². The maximum Gasteiger partial charge on any atom is 0.212 e. The molecule has 6 nitrogen and oxygen atoms in total. The number of thioether (sulfide) groups is 1. The average Bonchev–Trinajstić information content (AvgIpc) is 2.95. The minimum absolute atomic E-state index is 0. The summed E-state index contributed by atoms with van der Waals surface area (Å²) in [4.78, 5) is 0. The Morgan fingerprint density at radius 3 is 2.50 bits per heavy atom. The number of benzene rings is 1. The van der Waals surface area contributed by atoms with E-state index in [2.05, 4.69) is 5.32 Å². The van der Waals surface area contributed by atoms with Crippen LogP contribution in [0.3, 0.4) is 0 Å². The molecule has 1 aliphatic rings.